The van der Waals surface area contributed by atoms with Crippen LogP contribution in [0, 0.1) is 12.8 Å². The summed E-state index contributed by atoms with van der Waals surface area (Å²) in [6, 6.07) is 3.25. The zero-order valence-corrected chi connectivity index (χ0v) is 13.5. The normalized spacial score (nSPS) is 21.4. The summed E-state index contributed by atoms with van der Waals surface area (Å²) in [6.07, 6.45) is 4.57. The van der Waals surface area contributed by atoms with Crippen LogP contribution in [-0.4, -0.2) is 39.5 Å². The minimum atomic E-state index is -1.02. The highest BCUT2D eigenvalue weighted by Crippen LogP contribution is 2.28. The molecule has 0 spiro atoms. The number of aryl methyl sites for hydroxylation is 1. The molecule has 1 heterocycles. The van der Waals surface area contributed by atoms with Gasteiger partial charge in [-0.1, -0.05) is 19.8 Å². The fraction of sp³-hybridized carbons (Fsp3) is 0.588. The largest absolute Gasteiger partial charge is 0.478 e. The van der Waals surface area contributed by atoms with Crippen molar-refractivity contribution in [2.24, 2.45) is 5.92 Å². The Labute approximate surface area is 131 Å². The molecule has 1 N–H and O–H groups in total. The van der Waals surface area contributed by atoms with Crippen LogP contribution in [-0.2, 0) is 0 Å². The van der Waals surface area contributed by atoms with Gasteiger partial charge in [-0.05, 0) is 44.7 Å². The number of amides is 1. The Hall–Kier alpha value is -1.91. The van der Waals surface area contributed by atoms with Crippen molar-refractivity contribution in [1.82, 2.24) is 9.88 Å². The van der Waals surface area contributed by atoms with Crippen molar-refractivity contribution in [3.05, 3.63) is 29.1 Å². The monoisotopic (exact) mass is 304 g/mol. The van der Waals surface area contributed by atoms with Crippen molar-refractivity contribution in [2.45, 2.75) is 52.5 Å². The second-order valence-corrected chi connectivity index (χ2v) is 6.05. The van der Waals surface area contributed by atoms with E-state index in [2.05, 4.69) is 11.9 Å². The highest BCUT2D eigenvalue weighted by molar-refractivity contribution is 5.94. The lowest BCUT2D eigenvalue weighted by Gasteiger charge is -2.38. The maximum atomic E-state index is 12.8. The first-order valence-corrected chi connectivity index (χ1v) is 7.97. The third-order valence-corrected chi connectivity index (χ3v) is 4.60. The van der Waals surface area contributed by atoms with Gasteiger partial charge >= 0.3 is 5.97 Å². The molecule has 1 aliphatic carbocycles. The number of hydrogen-bond donors (Lipinski definition) is 1. The lowest BCUT2D eigenvalue weighted by molar-refractivity contribution is 0.0562. The van der Waals surface area contributed by atoms with Crippen LogP contribution in [0.2, 0.25) is 0 Å². The van der Waals surface area contributed by atoms with Gasteiger partial charge in [0, 0.05) is 12.6 Å². The van der Waals surface area contributed by atoms with Gasteiger partial charge < -0.3 is 10.0 Å². The lowest BCUT2D eigenvalue weighted by atomic mass is 9.84. The first-order chi connectivity index (χ1) is 10.5. The number of pyridine rings is 1. The number of nitrogens with zero attached hydrogens (tertiary/aromatic N) is 2. The van der Waals surface area contributed by atoms with E-state index in [1.54, 1.807) is 6.92 Å². The molecule has 0 aromatic carbocycles. The Bertz CT molecular complexity index is 571. The van der Waals surface area contributed by atoms with Crippen LogP contribution in [0.15, 0.2) is 12.1 Å². The average molecular weight is 304 g/mol. The molecule has 5 nitrogen and oxygen atoms in total. The second kappa shape index (κ2) is 6.90. The summed E-state index contributed by atoms with van der Waals surface area (Å²) < 4.78 is 0. The van der Waals surface area contributed by atoms with Gasteiger partial charge in [-0.2, -0.15) is 0 Å². The van der Waals surface area contributed by atoms with Crippen LogP contribution in [0.3, 0.4) is 0 Å². The van der Waals surface area contributed by atoms with E-state index in [1.807, 2.05) is 11.8 Å². The number of rotatable bonds is 4. The van der Waals surface area contributed by atoms with E-state index >= 15 is 0 Å². The number of aromatic nitrogens is 1. The quantitative estimate of drug-likeness (QED) is 0.927. The van der Waals surface area contributed by atoms with E-state index in [-0.39, 0.29) is 17.5 Å². The van der Waals surface area contributed by atoms with Crippen LogP contribution in [0.4, 0.5) is 0 Å². The molecule has 5 heteroatoms. The summed E-state index contributed by atoms with van der Waals surface area (Å²) in [5, 5.41) is 9.05. The molecule has 22 heavy (non-hydrogen) atoms. The number of aromatic carboxylic acids is 1. The van der Waals surface area contributed by atoms with Gasteiger partial charge in [0.15, 0.2) is 0 Å². The zero-order valence-electron chi connectivity index (χ0n) is 13.5. The number of carboxylic acids is 1. The van der Waals surface area contributed by atoms with Gasteiger partial charge in [0.05, 0.1) is 11.3 Å². The summed E-state index contributed by atoms with van der Waals surface area (Å²) in [4.78, 5) is 29.9. The highest BCUT2D eigenvalue weighted by Gasteiger charge is 2.30. The van der Waals surface area contributed by atoms with Gasteiger partial charge in [0.2, 0.25) is 0 Å². The molecule has 2 unspecified atom stereocenters. The molecule has 2 atom stereocenters. The Morgan fingerprint density at radius 1 is 1.32 bits per heavy atom. The molecule has 1 amide bonds. The van der Waals surface area contributed by atoms with E-state index < -0.39 is 5.97 Å². The SMILES string of the molecule is CCN(C(=O)c1ccc(C(=O)O)c(C)n1)C1CCCCC1C. The Balaban J connectivity index is 2.24. The van der Waals surface area contributed by atoms with Crippen molar-refractivity contribution in [1.29, 1.82) is 0 Å². The molecule has 1 fully saturated rings. The third kappa shape index (κ3) is 3.29. The Kier molecular flexibility index (Phi) is 5.16. The second-order valence-electron chi connectivity index (χ2n) is 6.05. The molecule has 0 bridgehead atoms. The molecule has 1 aromatic rings. The summed E-state index contributed by atoms with van der Waals surface area (Å²) in [6.45, 7) is 6.46. The van der Waals surface area contributed by atoms with Crippen molar-refractivity contribution < 1.29 is 14.7 Å². The molecule has 1 saturated carbocycles. The predicted molar refractivity (Wildman–Crippen MR) is 84.1 cm³/mol. The van der Waals surface area contributed by atoms with Crippen molar-refractivity contribution in [3.8, 4) is 0 Å². The first-order valence-electron chi connectivity index (χ1n) is 7.97. The topological polar surface area (TPSA) is 70.5 Å². The number of carboxylic acid groups (broad SMARTS) is 1. The van der Waals surface area contributed by atoms with E-state index in [0.29, 0.717) is 23.9 Å². The van der Waals surface area contributed by atoms with E-state index in [4.69, 9.17) is 5.11 Å². The molecule has 0 aliphatic heterocycles. The molecular weight excluding hydrogens is 280 g/mol. The van der Waals surface area contributed by atoms with E-state index in [0.717, 1.165) is 19.3 Å². The zero-order chi connectivity index (χ0) is 16.3. The smallest absolute Gasteiger partial charge is 0.337 e. The van der Waals surface area contributed by atoms with Crippen LogP contribution in [0.25, 0.3) is 0 Å². The standard InChI is InChI=1S/C17H24N2O3/c1-4-19(15-8-6-5-7-11(15)2)16(20)14-10-9-13(17(21)22)12(3)18-14/h9-11,15H,4-8H2,1-3H3,(H,21,22). The van der Waals surface area contributed by atoms with Crippen LogP contribution in [0.1, 0.15) is 66.1 Å². The van der Waals surface area contributed by atoms with Crippen LogP contribution < -0.4 is 0 Å². The lowest BCUT2D eigenvalue weighted by Crippen LogP contribution is -2.45. The van der Waals surface area contributed by atoms with Gasteiger partial charge in [-0.3, -0.25) is 4.79 Å². The minimum Gasteiger partial charge on any atom is -0.478 e. The van der Waals surface area contributed by atoms with Gasteiger partial charge in [-0.25, -0.2) is 9.78 Å². The summed E-state index contributed by atoms with van der Waals surface area (Å²) in [7, 11) is 0. The third-order valence-electron chi connectivity index (χ3n) is 4.60. The number of hydrogen-bond acceptors (Lipinski definition) is 3. The van der Waals surface area contributed by atoms with E-state index in [9.17, 15) is 9.59 Å². The molecular formula is C17H24N2O3. The Morgan fingerprint density at radius 3 is 2.55 bits per heavy atom. The van der Waals surface area contributed by atoms with Crippen LogP contribution >= 0.6 is 0 Å². The number of carbonyl (C=O) groups excluding carboxylic acids is 1. The summed E-state index contributed by atoms with van der Waals surface area (Å²) in [5.41, 5.74) is 0.860. The fourth-order valence-electron chi connectivity index (χ4n) is 3.34. The maximum absolute atomic E-state index is 12.8. The van der Waals surface area contributed by atoms with Crippen molar-refractivity contribution in [2.75, 3.05) is 6.54 Å². The minimum absolute atomic E-state index is 0.0960. The van der Waals surface area contributed by atoms with Gasteiger partial charge in [0.25, 0.3) is 5.91 Å². The molecule has 1 aliphatic rings. The summed E-state index contributed by atoms with van der Waals surface area (Å²) >= 11 is 0. The highest BCUT2D eigenvalue weighted by atomic mass is 16.4. The first kappa shape index (κ1) is 16.5. The van der Waals surface area contributed by atoms with Crippen molar-refractivity contribution in [3.63, 3.8) is 0 Å². The molecule has 1 aromatic heterocycles. The van der Waals surface area contributed by atoms with Crippen molar-refractivity contribution >= 4 is 11.9 Å². The Morgan fingerprint density at radius 2 is 2.00 bits per heavy atom. The predicted octanol–water partition coefficient (Wildman–Crippen LogP) is 3.13. The average Bonchev–Trinajstić information content (AvgIpc) is 2.49. The molecule has 0 saturated heterocycles. The van der Waals surface area contributed by atoms with Gasteiger partial charge in [0.1, 0.15) is 5.69 Å². The van der Waals surface area contributed by atoms with E-state index in [1.165, 1.54) is 18.6 Å². The fourth-order valence-corrected chi connectivity index (χ4v) is 3.34. The number of carbonyl (C=O) groups is 2. The molecule has 0 radical (unpaired) electrons. The van der Waals surface area contributed by atoms with Crippen LogP contribution in [0.5, 0.6) is 0 Å². The van der Waals surface area contributed by atoms with Gasteiger partial charge in [-0.15, -0.1) is 0 Å². The molecule has 2 rings (SSSR count). The maximum Gasteiger partial charge on any atom is 0.337 e. The summed E-state index contributed by atoms with van der Waals surface area (Å²) in [5.74, 6) is -0.615. The molecule has 120 valence electrons.